The molecule has 19 heavy (non-hydrogen) atoms. The van der Waals surface area contributed by atoms with E-state index < -0.39 is 9.84 Å². The first-order valence-electron chi connectivity index (χ1n) is 5.45. The molecular formula is C13H8ClNO2S2. The van der Waals surface area contributed by atoms with Crippen molar-refractivity contribution in [1.82, 2.24) is 0 Å². The third-order valence-electron chi connectivity index (χ3n) is 2.90. The molecule has 3 nitrogen and oxygen atoms in total. The molecule has 0 spiro atoms. The van der Waals surface area contributed by atoms with Crippen LogP contribution in [0.3, 0.4) is 0 Å². The van der Waals surface area contributed by atoms with Crippen LogP contribution in [0.1, 0.15) is 5.56 Å². The molecule has 0 bridgehead atoms. The van der Waals surface area contributed by atoms with Crippen molar-refractivity contribution in [3.05, 3.63) is 53.1 Å². The Balaban J connectivity index is 2.40. The lowest BCUT2D eigenvalue weighted by molar-refractivity contribution is 0.596. The molecule has 1 N–H and O–H groups in total. The van der Waals surface area contributed by atoms with Crippen molar-refractivity contribution in [2.45, 2.75) is 9.79 Å². The molecule has 1 aliphatic rings. The summed E-state index contributed by atoms with van der Waals surface area (Å²) < 4.78 is 25.3. The Bertz CT molecular complexity index is 800. The Kier molecular flexibility index (Phi) is 2.85. The molecule has 3 rings (SSSR count). The number of benzene rings is 2. The molecule has 2 aromatic rings. The third-order valence-corrected chi connectivity index (χ3v) is 5.33. The zero-order chi connectivity index (χ0) is 13.6. The minimum Gasteiger partial charge on any atom is -0.345 e. The molecule has 96 valence electrons. The monoisotopic (exact) mass is 309 g/mol. The van der Waals surface area contributed by atoms with Crippen molar-refractivity contribution in [3.8, 4) is 0 Å². The molecule has 1 heterocycles. The van der Waals surface area contributed by atoms with Crippen molar-refractivity contribution >= 4 is 44.3 Å². The third kappa shape index (κ3) is 1.94. The quantitative estimate of drug-likeness (QED) is 0.759. The van der Waals surface area contributed by atoms with Crippen LogP contribution in [0.15, 0.2) is 52.3 Å². The number of halogens is 1. The summed E-state index contributed by atoms with van der Waals surface area (Å²) in [6, 6.07) is 11.3. The van der Waals surface area contributed by atoms with Gasteiger partial charge < -0.3 is 5.32 Å². The van der Waals surface area contributed by atoms with Crippen molar-refractivity contribution in [3.63, 3.8) is 0 Å². The van der Waals surface area contributed by atoms with Gasteiger partial charge in [-0.3, -0.25) is 0 Å². The SMILES string of the molecule is O=S1(=O)c2ccc(Cl)cc2NC(=S)c2ccccc21. The van der Waals surface area contributed by atoms with Gasteiger partial charge in [-0.25, -0.2) is 8.42 Å². The van der Waals surface area contributed by atoms with Crippen LogP contribution in [0.5, 0.6) is 0 Å². The largest absolute Gasteiger partial charge is 0.345 e. The summed E-state index contributed by atoms with van der Waals surface area (Å²) in [7, 11) is -3.60. The Morgan fingerprint density at radius 3 is 2.58 bits per heavy atom. The van der Waals surface area contributed by atoms with Gasteiger partial charge in [0.15, 0.2) is 0 Å². The van der Waals surface area contributed by atoms with E-state index in [0.29, 0.717) is 21.3 Å². The lowest BCUT2D eigenvalue weighted by Gasteiger charge is -2.07. The van der Waals surface area contributed by atoms with Gasteiger partial charge in [0.25, 0.3) is 0 Å². The van der Waals surface area contributed by atoms with Crippen LogP contribution >= 0.6 is 23.8 Å². The number of hydrogen-bond acceptors (Lipinski definition) is 3. The number of rotatable bonds is 0. The molecule has 0 aliphatic carbocycles. The second-order valence-corrected chi connectivity index (χ2v) is 6.83. The van der Waals surface area contributed by atoms with Gasteiger partial charge in [-0.1, -0.05) is 42.0 Å². The number of anilines is 1. The average Bonchev–Trinajstić information content (AvgIpc) is 2.45. The molecule has 0 amide bonds. The first-order chi connectivity index (χ1) is 9.00. The molecule has 2 aromatic carbocycles. The van der Waals surface area contributed by atoms with Crippen LogP contribution < -0.4 is 5.32 Å². The van der Waals surface area contributed by atoms with Crippen LogP contribution in [0.2, 0.25) is 5.02 Å². The van der Waals surface area contributed by atoms with E-state index in [1.54, 1.807) is 36.4 Å². The van der Waals surface area contributed by atoms with E-state index in [4.69, 9.17) is 23.8 Å². The normalized spacial score (nSPS) is 15.9. The zero-order valence-electron chi connectivity index (χ0n) is 9.55. The minimum atomic E-state index is -3.60. The molecule has 1 aliphatic heterocycles. The molecule has 6 heteroatoms. The van der Waals surface area contributed by atoms with E-state index >= 15 is 0 Å². The van der Waals surface area contributed by atoms with E-state index in [9.17, 15) is 8.42 Å². The second-order valence-electron chi connectivity index (χ2n) is 4.09. The van der Waals surface area contributed by atoms with Crippen molar-refractivity contribution in [2.75, 3.05) is 5.32 Å². The summed E-state index contributed by atoms with van der Waals surface area (Å²) in [5.41, 5.74) is 0.915. The lowest BCUT2D eigenvalue weighted by Crippen LogP contribution is -2.10. The van der Waals surface area contributed by atoms with Crippen molar-refractivity contribution in [2.24, 2.45) is 0 Å². The molecule has 0 aromatic heterocycles. The highest BCUT2D eigenvalue weighted by Crippen LogP contribution is 2.35. The van der Waals surface area contributed by atoms with Gasteiger partial charge in [-0.2, -0.15) is 0 Å². The molecule has 0 fully saturated rings. The van der Waals surface area contributed by atoms with Gasteiger partial charge in [-0.15, -0.1) is 0 Å². The van der Waals surface area contributed by atoms with Gasteiger partial charge in [-0.05, 0) is 24.3 Å². The summed E-state index contributed by atoms with van der Waals surface area (Å²) in [6.45, 7) is 0. The molecule has 0 unspecified atom stereocenters. The first kappa shape index (κ1) is 12.6. The van der Waals surface area contributed by atoms with Gasteiger partial charge >= 0.3 is 0 Å². The van der Waals surface area contributed by atoms with Gasteiger partial charge in [0.05, 0.1) is 15.5 Å². The molecule has 0 saturated heterocycles. The summed E-state index contributed by atoms with van der Waals surface area (Å²) in [4.78, 5) is 0.776. The highest BCUT2D eigenvalue weighted by molar-refractivity contribution is 7.92. The molecule has 0 radical (unpaired) electrons. The van der Waals surface area contributed by atoms with Gasteiger partial charge in [0.2, 0.25) is 9.84 Å². The Morgan fingerprint density at radius 1 is 1.05 bits per heavy atom. The fourth-order valence-corrected chi connectivity index (χ4v) is 4.16. The Morgan fingerprint density at radius 2 is 1.79 bits per heavy atom. The van der Waals surface area contributed by atoms with Crippen LogP contribution in [0.4, 0.5) is 5.69 Å². The number of sulfone groups is 1. The summed E-state index contributed by atoms with van der Waals surface area (Å²) in [5, 5.41) is 3.40. The fourth-order valence-electron chi connectivity index (χ4n) is 2.03. The van der Waals surface area contributed by atoms with Crippen LogP contribution in [0, 0.1) is 0 Å². The van der Waals surface area contributed by atoms with Crippen molar-refractivity contribution < 1.29 is 8.42 Å². The van der Waals surface area contributed by atoms with E-state index in [1.807, 2.05) is 0 Å². The van der Waals surface area contributed by atoms with Crippen LogP contribution in [-0.2, 0) is 9.84 Å². The Hall–Kier alpha value is -1.43. The summed E-state index contributed by atoms with van der Waals surface area (Å²) >= 11 is 11.2. The Labute approximate surface area is 121 Å². The molecular weight excluding hydrogens is 302 g/mol. The highest BCUT2D eigenvalue weighted by Gasteiger charge is 2.29. The average molecular weight is 310 g/mol. The first-order valence-corrected chi connectivity index (χ1v) is 7.72. The second kappa shape index (κ2) is 4.30. The number of nitrogens with one attached hydrogen (secondary N) is 1. The maximum absolute atomic E-state index is 12.6. The zero-order valence-corrected chi connectivity index (χ0v) is 11.9. The van der Waals surface area contributed by atoms with Crippen molar-refractivity contribution in [1.29, 1.82) is 0 Å². The predicted octanol–water partition coefficient (Wildman–Crippen LogP) is 3.27. The minimum absolute atomic E-state index is 0.184. The van der Waals surface area contributed by atoms with Gasteiger partial charge in [0.1, 0.15) is 4.99 Å². The van der Waals surface area contributed by atoms with Crippen LogP contribution in [-0.4, -0.2) is 13.4 Å². The van der Waals surface area contributed by atoms with E-state index in [2.05, 4.69) is 5.32 Å². The summed E-state index contributed by atoms with van der Waals surface area (Å²) in [6.07, 6.45) is 0. The fraction of sp³-hybridized carbons (Fsp3) is 0. The standard InChI is InChI=1S/C13H8ClNO2S2/c14-8-5-6-12-10(7-8)15-13(18)9-3-1-2-4-11(9)19(12,16)17/h1-7H,(H,15,18). The smallest absolute Gasteiger partial charge is 0.209 e. The predicted molar refractivity (Wildman–Crippen MR) is 78.7 cm³/mol. The van der Waals surface area contributed by atoms with E-state index in [0.717, 1.165) is 0 Å². The maximum atomic E-state index is 12.6. The lowest BCUT2D eigenvalue weighted by atomic mass is 10.2. The number of fused-ring (bicyclic) bond motifs is 2. The van der Waals surface area contributed by atoms with E-state index in [1.165, 1.54) is 6.07 Å². The van der Waals surface area contributed by atoms with Crippen LogP contribution in [0.25, 0.3) is 0 Å². The number of hydrogen-bond donors (Lipinski definition) is 1. The molecule has 0 atom stereocenters. The topological polar surface area (TPSA) is 46.2 Å². The molecule has 0 saturated carbocycles. The van der Waals surface area contributed by atoms with E-state index in [-0.39, 0.29) is 9.79 Å². The maximum Gasteiger partial charge on any atom is 0.209 e. The number of thiocarbonyl (C=S) groups is 1. The highest BCUT2D eigenvalue weighted by atomic mass is 35.5. The van der Waals surface area contributed by atoms with Gasteiger partial charge in [0, 0.05) is 10.6 Å². The summed E-state index contributed by atoms with van der Waals surface area (Å²) in [5.74, 6) is 0.